The maximum Gasteiger partial charge on any atom is 0.254 e. The smallest absolute Gasteiger partial charge is 0.254 e. The molecule has 7 heteroatoms. The van der Waals surface area contributed by atoms with Crippen molar-refractivity contribution in [2.45, 2.75) is 58.9 Å². The summed E-state index contributed by atoms with van der Waals surface area (Å²) in [4.78, 5) is 37.2. The van der Waals surface area contributed by atoms with Crippen LogP contribution in [-0.2, 0) is 24.1 Å². The van der Waals surface area contributed by atoms with Crippen LogP contribution in [0.1, 0.15) is 58.5 Å². The quantitative estimate of drug-likeness (QED) is 0.888. The van der Waals surface area contributed by atoms with Gasteiger partial charge in [-0.1, -0.05) is 0 Å². The number of rotatable bonds is 4. The first-order valence-corrected chi connectivity index (χ1v) is 9.10. The molecule has 24 heavy (non-hydrogen) atoms. The molecule has 1 aliphatic rings. The minimum atomic E-state index is -0.243. The van der Waals surface area contributed by atoms with E-state index in [9.17, 15) is 9.59 Å². The van der Waals surface area contributed by atoms with E-state index in [4.69, 9.17) is 0 Å². The molecule has 0 aliphatic heterocycles. The van der Waals surface area contributed by atoms with Crippen LogP contribution in [0.15, 0.2) is 4.79 Å². The molecule has 0 spiro atoms. The lowest BCUT2D eigenvalue weighted by molar-refractivity contribution is -0.121. The summed E-state index contributed by atoms with van der Waals surface area (Å²) in [5, 5.41) is 3.90. The lowest BCUT2D eigenvalue weighted by Gasteiger charge is -2.12. The Balaban J connectivity index is 1.68. The van der Waals surface area contributed by atoms with E-state index in [0.717, 1.165) is 17.8 Å². The van der Waals surface area contributed by atoms with Gasteiger partial charge < -0.3 is 10.3 Å². The lowest BCUT2D eigenvalue weighted by Crippen LogP contribution is -2.31. The van der Waals surface area contributed by atoms with Gasteiger partial charge in [-0.25, -0.2) is 9.97 Å². The number of hydrogen-bond acceptors (Lipinski definition) is 5. The summed E-state index contributed by atoms with van der Waals surface area (Å²) in [6.07, 6.45) is 4.58. The zero-order chi connectivity index (χ0) is 17.3. The van der Waals surface area contributed by atoms with E-state index in [-0.39, 0.29) is 23.9 Å². The second-order valence-electron chi connectivity index (χ2n) is 6.31. The van der Waals surface area contributed by atoms with Crippen LogP contribution in [0, 0.1) is 13.8 Å². The minimum absolute atomic E-state index is 0.0316. The molecule has 0 saturated carbocycles. The highest BCUT2D eigenvalue weighted by Gasteiger charge is 2.20. The molecule has 0 radical (unpaired) electrons. The number of amides is 1. The van der Waals surface area contributed by atoms with E-state index in [1.54, 1.807) is 25.2 Å². The molecule has 1 atom stereocenters. The molecule has 1 amide bonds. The van der Waals surface area contributed by atoms with Crippen LogP contribution in [0.4, 0.5) is 0 Å². The maximum atomic E-state index is 12.3. The van der Waals surface area contributed by atoms with Gasteiger partial charge in [0, 0.05) is 16.1 Å². The zero-order valence-corrected chi connectivity index (χ0v) is 15.0. The molecule has 1 unspecified atom stereocenters. The number of H-pyrrole nitrogens is 1. The number of thiazole rings is 1. The molecule has 1 aliphatic carbocycles. The Bertz CT molecular complexity index is 801. The highest BCUT2D eigenvalue weighted by atomic mass is 32.1. The molecule has 2 aromatic rings. The number of carbonyl (C=O) groups excluding carboxylic acids is 1. The summed E-state index contributed by atoms with van der Waals surface area (Å²) in [5.74, 6) is 0.373. The maximum absolute atomic E-state index is 12.3. The molecule has 6 nitrogen and oxygen atoms in total. The van der Waals surface area contributed by atoms with E-state index in [0.29, 0.717) is 17.1 Å². The first-order chi connectivity index (χ1) is 11.4. The number of fused-ring (bicyclic) bond motifs is 1. The third kappa shape index (κ3) is 3.56. The van der Waals surface area contributed by atoms with E-state index < -0.39 is 0 Å². The van der Waals surface area contributed by atoms with E-state index in [1.165, 1.54) is 23.4 Å². The van der Waals surface area contributed by atoms with Gasteiger partial charge in [-0.15, -0.1) is 11.3 Å². The zero-order valence-electron chi connectivity index (χ0n) is 14.2. The van der Waals surface area contributed by atoms with Crippen molar-refractivity contribution in [2.24, 2.45) is 0 Å². The van der Waals surface area contributed by atoms with Gasteiger partial charge in [0.05, 0.1) is 18.2 Å². The third-order valence-electron chi connectivity index (χ3n) is 4.29. The predicted octanol–water partition coefficient (Wildman–Crippen LogP) is 2.14. The second kappa shape index (κ2) is 6.84. The number of hydrogen-bond donors (Lipinski definition) is 2. The first kappa shape index (κ1) is 16.8. The average Bonchev–Trinajstić information content (AvgIpc) is 2.95. The highest BCUT2D eigenvalue weighted by Crippen LogP contribution is 2.29. The first-order valence-electron chi connectivity index (χ1n) is 8.28. The number of nitrogens with zero attached hydrogens (tertiary/aromatic N) is 2. The van der Waals surface area contributed by atoms with Crippen molar-refractivity contribution in [3.05, 3.63) is 43.0 Å². The van der Waals surface area contributed by atoms with E-state index in [1.807, 2.05) is 6.92 Å². The van der Waals surface area contributed by atoms with E-state index in [2.05, 4.69) is 20.3 Å². The monoisotopic (exact) mass is 346 g/mol. The number of aromatic nitrogens is 3. The average molecular weight is 346 g/mol. The van der Waals surface area contributed by atoms with Crippen molar-refractivity contribution in [2.75, 3.05) is 0 Å². The summed E-state index contributed by atoms with van der Waals surface area (Å²) in [6, 6.07) is -0.147. The highest BCUT2D eigenvalue weighted by molar-refractivity contribution is 7.11. The summed E-state index contributed by atoms with van der Waals surface area (Å²) in [7, 11) is 0. The number of nitrogens with one attached hydrogen (secondary N) is 2. The van der Waals surface area contributed by atoms with Crippen molar-refractivity contribution in [3.63, 3.8) is 0 Å². The third-order valence-corrected chi connectivity index (χ3v) is 5.63. The Labute approximate surface area is 144 Å². The van der Waals surface area contributed by atoms with Gasteiger partial charge in [0.15, 0.2) is 0 Å². The molecule has 0 bridgehead atoms. The number of aryl methyl sites for hydroxylation is 4. The molecule has 0 saturated heterocycles. The van der Waals surface area contributed by atoms with Gasteiger partial charge in [-0.3, -0.25) is 9.59 Å². The molecule has 0 fully saturated rings. The fourth-order valence-corrected chi connectivity index (χ4v) is 4.19. The van der Waals surface area contributed by atoms with E-state index >= 15 is 0 Å². The normalized spacial score (nSPS) is 15.0. The molecule has 2 heterocycles. The largest absolute Gasteiger partial charge is 0.347 e. The molecular weight excluding hydrogens is 324 g/mol. The SMILES string of the molecule is Cc1nc(C)c(CC(=O)NC(C)c2nc3c(s2)CCCC3)c(=O)[nH]1. The second-order valence-corrected chi connectivity index (χ2v) is 7.43. The van der Waals surface area contributed by atoms with Crippen LogP contribution in [-0.4, -0.2) is 20.9 Å². The van der Waals surface area contributed by atoms with Gasteiger partial charge in [0.2, 0.25) is 5.91 Å². The minimum Gasteiger partial charge on any atom is -0.347 e. The van der Waals surface area contributed by atoms with Crippen LogP contribution in [0.5, 0.6) is 0 Å². The van der Waals surface area contributed by atoms with Crippen molar-refractivity contribution >= 4 is 17.2 Å². The van der Waals surface area contributed by atoms with Gasteiger partial charge in [0.25, 0.3) is 5.56 Å². The molecule has 2 aromatic heterocycles. The summed E-state index contributed by atoms with van der Waals surface area (Å²) < 4.78 is 0. The van der Waals surface area contributed by atoms with Gasteiger partial charge in [-0.05, 0) is 46.5 Å². The van der Waals surface area contributed by atoms with Gasteiger partial charge in [-0.2, -0.15) is 0 Å². The lowest BCUT2D eigenvalue weighted by atomic mass is 10.0. The molecule has 2 N–H and O–H groups in total. The van der Waals surface area contributed by atoms with Crippen molar-refractivity contribution < 1.29 is 4.79 Å². The number of carbonyl (C=O) groups is 1. The molecule has 0 aromatic carbocycles. The fraction of sp³-hybridized carbons (Fsp3) is 0.529. The Hall–Kier alpha value is -2.02. The van der Waals surface area contributed by atoms with Crippen LogP contribution in [0.25, 0.3) is 0 Å². The van der Waals surface area contributed by atoms with Crippen LogP contribution in [0.3, 0.4) is 0 Å². The molecule has 3 rings (SSSR count). The van der Waals surface area contributed by atoms with Crippen LogP contribution >= 0.6 is 11.3 Å². The topological polar surface area (TPSA) is 87.7 Å². The van der Waals surface area contributed by atoms with Crippen LogP contribution < -0.4 is 10.9 Å². The summed E-state index contributed by atoms with van der Waals surface area (Å²) in [5.41, 5.74) is 1.97. The standard InChI is InChI=1S/C17H22N4O2S/c1-9-12(16(23)20-11(3)18-9)8-15(22)19-10(2)17-21-13-6-4-5-7-14(13)24-17/h10H,4-8H2,1-3H3,(H,19,22)(H,18,20,23). The molecular formula is C17H22N4O2S. The Morgan fingerprint density at radius 1 is 1.29 bits per heavy atom. The van der Waals surface area contributed by atoms with Crippen LogP contribution in [0.2, 0.25) is 0 Å². The van der Waals surface area contributed by atoms with Gasteiger partial charge in [0.1, 0.15) is 10.8 Å². The fourth-order valence-electron chi connectivity index (χ4n) is 3.03. The molecule has 128 valence electrons. The summed E-state index contributed by atoms with van der Waals surface area (Å²) in [6.45, 7) is 5.42. The predicted molar refractivity (Wildman–Crippen MR) is 93.3 cm³/mol. The number of aromatic amines is 1. The van der Waals surface area contributed by atoms with Gasteiger partial charge >= 0.3 is 0 Å². The summed E-state index contributed by atoms with van der Waals surface area (Å²) >= 11 is 1.69. The Morgan fingerprint density at radius 2 is 2.04 bits per heavy atom. The van der Waals surface area contributed by atoms with Crippen molar-refractivity contribution in [3.8, 4) is 0 Å². The van der Waals surface area contributed by atoms with Crippen molar-refractivity contribution in [1.82, 2.24) is 20.3 Å². The Kier molecular flexibility index (Phi) is 4.80. The van der Waals surface area contributed by atoms with Crippen molar-refractivity contribution in [1.29, 1.82) is 0 Å². The Morgan fingerprint density at radius 3 is 2.75 bits per heavy atom.